The highest BCUT2D eigenvalue weighted by Crippen LogP contribution is 2.48. The molecule has 14 heteroatoms. The average Bonchev–Trinajstić information content (AvgIpc) is 3.39. The number of amides is 2. The van der Waals surface area contributed by atoms with Gasteiger partial charge >= 0.3 is 12.2 Å². The summed E-state index contributed by atoms with van der Waals surface area (Å²) in [7, 11) is -0.687. The topological polar surface area (TPSA) is 106 Å². The van der Waals surface area contributed by atoms with Crippen LogP contribution in [-0.4, -0.2) is 41.8 Å². The van der Waals surface area contributed by atoms with Gasteiger partial charge in [0.15, 0.2) is 15.7 Å². The largest absolute Gasteiger partial charge is 0.433 e. The Morgan fingerprint density at radius 3 is 2.62 bits per heavy atom. The summed E-state index contributed by atoms with van der Waals surface area (Å²) in [6.07, 6.45) is -3.56. The summed E-state index contributed by atoms with van der Waals surface area (Å²) >= 11 is 2.27. The number of halogens is 3. The van der Waals surface area contributed by atoms with Crippen LogP contribution in [0.2, 0.25) is 0 Å². The predicted molar refractivity (Wildman–Crippen MR) is 118 cm³/mol. The van der Waals surface area contributed by atoms with Gasteiger partial charge in [-0.25, -0.2) is 23.2 Å². The maximum absolute atomic E-state index is 13.1. The van der Waals surface area contributed by atoms with Crippen LogP contribution in [0.25, 0.3) is 31.1 Å². The third-order valence-electron chi connectivity index (χ3n) is 4.79. The third kappa shape index (κ3) is 3.61. The monoisotopic (exact) mass is 503 g/mol. The zero-order valence-electron chi connectivity index (χ0n) is 16.9. The van der Waals surface area contributed by atoms with Gasteiger partial charge in [-0.1, -0.05) is 6.92 Å². The molecule has 0 fully saturated rings. The molecule has 4 heterocycles. The lowest BCUT2D eigenvalue weighted by Gasteiger charge is -2.05. The van der Waals surface area contributed by atoms with E-state index in [0.29, 0.717) is 25.5 Å². The lowest BCUT2D eigenvalue weighted by molar-refractivity contribution is -0.141. The zero-order chi connectivity index (χ0) is 23.4. The molecule has 0 aliphatic rings. The molecule has 2 N–H and O–H groups in total. The molecule has 0 saturated heterocycles. The minimum atomic E-state index is -4.63. The molecule has 4 rings (SSSR count). The van der Waals surface area contributed by atoms with Crippen LogP contribution in [-0.2, 0) is 23.1 Å². The predicted octanol–water partition coefficient (Wildman–Crippen LogP) is 4.48. The fraction of sp³-hybridized carbons (Fsp3) is 0.278. The van der Waals surface area contributed by atoms with Crippen molar-refractivity contribution in [1.82, 2.24) is 19.9 Å². The zero-order valence-corrected chi connectivity index (χ0v) is 19.3. The maximum Gasteiger partial charge on any atom is 0.433 e. The molecule has 32 heavy (non-hydrogen) atoms. The van der Waals surface area contributed by atoms with Gasteiger partial charge in [-0.3, -0.25) is 0 Å². The Bertz CT molecular complexity index is 1470. The van der Waals surface area contributed by atoms with Crippen LogP contribution in [0.4, 0.5) is 23.7 Å². The van der Waals surface area contributed by atoms with Crippen molar-refractivity contribution in [3.8, 4) is 10.7 Å². The highest BCUT2D eigenvalue weighted by Gasteiger charge is 2.34. The molecule has 0 aliphatic carbocycles. The molecule has 4 aromatic heterocycles. The Kier molecular flexibility index (Phi) is 5.41. The second-order valence-corrected chi connectivity index (χ2v) is 10.8. The number of hydrogen-bond acceptors (Lipinski definition) is 7. The molecule has 170 valence electrons. The van der Waals surface area contributed by atoms with Crippen molar-refractivity contribution in [3.63, 3.8) is 0 Å². The Labute approximate surface area is 188 Å². The van der Waals surface area contributed by atoms with Crippen molar-refractivity contribution in [3.05, 3.63) is 23.3 Å². The number of urea groups is 1. The molecular weight excluding hydrogens is 487 g/mol. The summed E-state index contributed by atoms with van der Waals surface area (Å²) in [6, 6.07) is 0.370. The quantitative estimate of drug-likeness (QED) is 0.427. The van der Waals surface area contributed by atoms with Gasteiger partial charge in [0.05, 0.1) is 42.9 Å². The number of nitrogens with one attached hydrogen (secondary N) is 2. The van der Waals surface area contributed by atoms with E-state index in [2.05, 4.69) is 20.6 Å². The smallest absolute Gasteiger partial charge is 0.341 e. The molecule has 0 aliphatic heterocycles. The molecule has 2 amide bonds. The average molecular weight is 504 g/mol. The van der Waals surface area contributed by atoms with E-state index in [1.54, 1.807) is 12.4 Å². The number of fused-ring (bicyclic) bond motifs is 2. The van der Waals surface area contributed by atoms with Gasteiger partial charge in [0, 0.05) is 19.5 Å². The summed E-state index contributed by atoms with van der Waals surface area (Å²) in [6.45, 7) is 1.51. The van der Waals surface area contributed by atoms with E-state index >= 15 is 0 Å². The summed E-state index contributed by atoms with van der Waals surface area (Å²) in [5.41, 5.74) is -0.272. The van der Waals surface area contributed by atoms with Crippen LogP contribution >= 0.6 is 22.7 Å². The first-order chi connectivity index (χ1) is 15.0. The van der Waals surface area contributed by atoms with Gasteiger partial charge in [0.25, 0.3) is 0 Å². The molecule has 0 atom stereocenters. The maximum atomic E-state index is 13.1. The van der Waals surface area contributed by atoms with Crippen LogP contribution in [0.3, 0.4) is 0 Å². The number of aryl methyl sites for hydroxylation is 1. The minimum Gasteiger partial charge on any atom is -0.341 e. The number of carbonyl (C=O) groups excluding carboxylic acids is 1. The van der Waals surface area contributed by atoms with Crippen molar-refractivity contribution in [2.45, 2.75) is 18.0 Å². The first-order valence-electron chi connectivity index (χ1n) is 9.13. The van der Waals surface area contributed by atoms with E-state index in [1.165, 1.54) is 18.5 Å². The first-order valence-corrected chi connectivity index (χ1v) is 12.5. The Hall–Kier alpha value is -2.71. The van der Waals surface area contributed by atoms with Gasteiger partial charge in [-0.15, -0.1) is 22.7 Å². The highest BCUT2D eigenvalue weighted by atomic mass is 32.2. The SMILES string of the molecule is CCS(=O)(=O)c1c(-c2nc3cc(C(F)(F)F)ncc3n2C)sc2c(NC(=O)NC)csc12. The Balaban J connectivity index is 1.99. The molecule has 0 aromatic carbocycles. The number of alkyl halides is 3. The standard InChI is InChI=1S/C18H16F3N5O3S3/c1-4-32(28,29)15-13-12(9(7-30-13)25-17(27)22-2)31-14(15)16-24-8-5-11(18(19,20)21)23-6-10(8)26(16)3/h5-7H,4H2,1-3H3,(H2,22,25,27). The van der Waals surface area contributed by atoms with E-state index in [-0.39, 0.29) is 22.0 Å². The van der Waals surface area contributed by atoms with Crippen molar-refractivity contribution >= 4 is 64.7 Å². The van der Waals surface area contributed by atoms with Crippen molar-refractivity contribution in [2.75, 3.05) is 18.1 Å². The van der Waals surface area contributed by atoms with Crippen LogP contribution < -0.4 is 10.6 Å². The summed E-state index contributed by atoms with van der Waals surface area (Å²) in [4.78, 5) is 19.9. The number of anilines is 1. The van der Waals surface area contributed by atoms with Crippen LogP contribution in [0.1, 0.15) is 12.6 Å². The van der Waals surface area contributed by atoms with E-state index in [0.717, 1.165) is 34.9 Å². The number of imidazole rings is 1. The van der Waals surface area contributed by atoms with E-state index in [4.69, 9.17) is 0 Å². The van der Waals surface area contributed by atoms with E-state index < -0.39 is 27.7 Å². The number of hydrogen-bond donors (Lipinski definition) is 2. The van der Waals surface area contributed by atoms with Gasteiger partial charge in [-0.2, -0.15) is 13.2 Å². The molecule has 0 saturated carbocycles. The van der Waals surface area contributed by atoms with Crippen LogP contribution in [0, 0.1) is 0 Å². The summed E-state index contributed by atoms with van der Waals surface area (Å²) in [5, 5.41) is 6.73. The number of sulfone groups is 1. The van der Waals surface area contributed by atoms with Gasteiger partial charge in [0.1, 0.15) is 10.6 Å². The number of nitrogens with zero attached hydrogens (tertiary/aromatic N) is 3. The fourth-order valence-corrected chi connectivity index (χ4v) is 7.63. The molecule has 0 radical (unpaired) electrons. The number of carbonyl (C=O) groups is 1. The molecule has 8 nitrogen and oxygen atoms in total. The normalized spacial score (nSPS) is 12.6. The second kappa shape index (κ2) is 7.71. The molecule has 0 bridgehead atoms. The van der Waals surface area contributed by atoms with Crippen molar-refractivity contribution in [2.24, 2.45) is 7.05 Å². The van der Waals surface area contributed by atoms with E-state index in [1.807, 2.05) is 0 Å². The van der Waals surface area contributed by atoms with E-state index in [9.17, 15) is 26.4 Å². The van der Waals surface area contributed by atoms with Crippen LogP contribution in [0.15, 0.2) is 22.5 Å². The summed E-state index contributed by atoms with van der Waals surface area (Å²) in [5.74, 6) is 0.0264. The summed E-state index contributed by atoms with van der Waals surface area (Å²) < 4.78 is 67.7. The Morgan fingerprint density at radius 2 is 2.00 bits per heavy atom. The molecule has 0 spiro atoms. The van der Waals surface area contributed by atoms with Crippen molar-refractivity contribution in [1.29, 1.82) is 0 Å². The van der Waals surface area contributed by atoms with Crippen LogP contribution in [0.5, 0.6) is 0 Å². The number of aromatic nitrogens is 3. The number of rotatable bonds is 4. The fourth-order valence-electron chi connectivity index (χ4n) is 3.15. The second-order valence-electron chi connectivity index (χ2n) is 6.73. The minimum absolute atomic E-state index is 0.0464. The first kappa shape index (κ1) is 22.5. The van der Waals surface area contributed by atoms with Gasteiger partial charge < -0.3 is 15.2 Å². The Morgan fingerprint density at radius 1 is 1.28 bits per heavy atom. The third-order valence-corrected chi connectivity index (χ3v) is 9.18. The lowest BCUT2D eigenvalue weighted by Crippen LogP contribution is -2.24. The van der Waals surface area contributed by atoms with Crippen molar-refractivity contribution < 1.29 is 26.4 Å². The van der Waals surface area contributed by atoms with Gasteiger partial charge in [0.2, 0.25) is 0 Å². The molecule has 4 aromatic rings. The highest BCUT2D eigenvalue weighted by molar-refractivity contribution is 7.92. The van der Waals surface area contributed by atoms with Gasteiger partial charge in [-0.05, 0) is 6.07 Å². The molecule has 0 unspecified atom stereocenters. The number of thiophene rings is 2. The lowest BCUT2D eigenvalue weighted by atomic mass is 10.3. The number of pyridine rings is 1. The molecular formula is C18H16F3N5O3S3.